The van der Waals surface area contributed by atoms with Crippen molar-refractivity contribution in [3.63, 3.8) is 0 Å². The number of hydrogen-bond donors (Lipinski definition) is 2. The molecule has 1 fully saturated rings. The Balaban J connectivity index is 2.32. The molecule has 0 aromatic carbocycles. The number of aliphatic hydroxyl groups is 1. The van der Waals surface area contributed by atoms with E-state index >= 15 is 0 Å². The third kappa shape index (κ3) is 5.02. The van der Waals surface area contributed by atoms with Crippen LogP contribution in [0.4, 0.5) is 0 Å². The number of unbranched alkanes of at least 4 members (excludes halogenated alkanes) is 1. The molecule has 17 heavy (non-hydrogen) atoms. The van der Waals surface area contributed by atoms with Crippen LogP contribution in [0, 0.1) is 0 Å². The number of ether oxygens (including phenoxy) is 1. The number of nitrogens with zero attached hydrogens (tertiary/aromatic N) is 1. The van der Waals surface area contributed by atoms with Crippen molar-refractivity contribution in [3.05, 3.63) is 0 Å². The van der Waals surface area contributed by atoms with E-state index in [4.69, 9.17) is 14.9 Å². The van der Waals surface area contributed by atoms with E-state index in [-0.39, 0.29) is 12.7 Å². The third-order valence-corrected chi connectivity index (χ3v) is 3.09. The topological polar surface area (TPSA) is 70.0 Å². The predicted octanol–water partition coefficient (Wildman–Crippen LogP) is 0.713. The second-order valence-electron chi connectivity index (χ2n) is 4.54. The largest absolute Gasteiger partial charge is 0.479 e. The molecular formula is C12H23NO4. The van der Waals surface area contributed by atoms with Crippen molar-refractivity contribution in [2.45, 2.75) is 44.8 Å². The van der Waals surface area contributed by atoms with Crippen LogP contribution in [-0.2, 0) is 9.53 Å². The molecule has 0 spiro atoms. The molecule has 2 N–H and O–H groups in total. The summed E-state index contributed by atoms with van der Waals surface area (Å²) in [4.78, 5) is 12.9. The van der Waals surface area contributed by atoms with Crippen molar-refractivity contribution < 1.29 is 19.7 Å². The Bertz CT molecular complexity index is 235. The molecule has 5 nitrogen and oxygen atoms in total. The van der Waals surface area contributed by atoms with Gasteiger partial charge in [-0.1, -0.05) is 13.3 Å². The molecule has 100 valence electrons. The van der Waals surface area contributed by atoms with Gasteiger partial charge >= 0.3 is 5.97 Å². The molecule has 0 bridgehead atoms. The van der Waals surface area contributed by atoms with E-state index in [1.54, 1.807) is 0 Å². The van der Waals surface area contributed by atoms with Gasteiger partial charge in [-0.2, -0.15) is 0 Å². The first-order valence-corrected chi connectivity index (χ1v) is 6.38. The van der Waals surface area contributed by atoms with E-state index in [1.807, 2.05) is 0 Å². The molecule has 0 aromatic rings. The van der Waals surface area contributed by atoms with E-state index in [0.29, 0.717) is 13.0 Å². The Hall–Kier alpha value is -0.650. The second kappa shape index (κ2) is 7.63. The quantitative estimate of drug-likeness (QED) is 0.659. The van der Waals surface area contributed by atoms with Crippen LogP contribution in [0.2, 0.25) is 0 Å². The van der Waals surface area contributed by atoms with E-state index in [2.05, 4.69) is 11.8 Å². The zero-order valence-electron chi connectivity index (χ0n) is 10.5. The van der Waals surface area contributed by atoms with Crippen molar-refractivity contribution >= 4 is 5.97 Å². The molecule has 0 aromatic heterocycles. The van der Waals surface area contributed by atoms with Gasteiger partial charge in [0.25, 0.3) is 0 Å². The fraction of sp³-hybridized carbons (Fsp3) is 0.917. The van der Waals surface area contributed by atoms with Crippen molar-refractivity contribution in [1.29, 1.82) is 0 Å². The molecule has 1 rings (SSSR count). The molecule has 2 unspecified atom stereocenters. The Morgan fingerprint density at radius 2 is 2.18 bits per heavy atom. The molecule has 5 heteroatoms. The lowest BCUT2D eigenvalue weighted by Crippen LogP contribution is -2.36. The predicted molar refractivity (Wildman–Crippen MR) is 64.0 cm³/mol. The van der Waals surface area contributed by atoms with Crippen molar-refractivity contribution in [3.8, 4) is 0 Å². The number of carboxylic acid groups (broad SMARTS) is 1. The van der Waals surface area contributed by atoms with Gasteiger partial charge in [-0.25, -0.2) is 4.79 Å². The lowest BCUT2D eigenvalue weighted by atomic mass is 10.2. The molecule has 2 atom stereocenters. The summed E-state index contributed by atoms with van der Waals surface area (Å²) in [5.41, 5.74) is 0. The lowest BCUT2D eigenvalue weighted by molar-refractivity contribution is -0.149. The highest BCUT2D eigenvalue weighted by molar-refractivity contribution is 5.72. The summed E-state index contributed by atoms with van der Waals surface area (Å²) in [7, 11) is 0. The van der Waals surface area contributed by atoms with Crippen molar-refractivity contribution in [1.82, 2.24) is 4.90 Å². The second-order valence-corrected chi connectivity index (χ2v) is 4.54. The normalized spacial score (nSPS) is 24.4. The third-order valence-electron chi connectivity index (χ3n) is 3.09. The van der Waals surface area contributed by atoms with Gasteiger partial charge in [0.15, 0.2) is 6.10 Å². The molecular weight excluding hydrogens is 222 g/mol. The Labute approximate surface area is 102 Å². The number of hydrogen-bond acceptors (Lipinski definition) is 4. The first kappa shape index (κ1) is 14.4. The van der Waals surface area contributed by atoms with Crippen LogP contribution in [0.5, 0.6) is 0 Å². The van der Waals surface area contributed by atoms with Crippen LogP contribution in [-0.4, -0.2) is 59.5 Å². The maximum Gasteiger partial charge on any atom is 0.332 e. The first-order valence-electron chi connectivity index (χ1n) is 6.38. The minimum absolute atomic E-state index is 0.000457. The summed E-state index contributed by atoms with van der Waals surface area (Å²) in [6, 6.07) is 0. The van der Waals surface area contributed by atoms with Gasteiger partial charge in [0.2, 0.25) is 0 Å². The summed E-state index contributed by atoms with van der Waals surface area (Å²) >= 11 is 0. The Morgan fingerprint density at radius 3 is 2.71 bits per heavy atom. The van der Waals surface area contributed by atoms with E-state index in [9.17, 15) is 4.79 Å². The van der Waals surface area contributed by atoms with E-state index < -0.39 is 12.1 Å². The lowest BCUT2D eigenvalue weighted by Gasteiger charge is -2.24. The standard InChI is InChI=1S/C12H23NO4/c1-2-3-6-13(7-8-14)9-10-4-5-11(17-10)12(15)16/h10-11,14H,2-9H2,1H3,(H,15,16). The highest BCUT2D eigenvalue weighted by Gasteiger charge is 2.31. The minimum atomic E-state index is -0.866. The summed E-state index contributed by atoms with van der Waals surface area (Å²) in [6.45, 7) is 4.57. The molecule has 0 aliphatic carbocycles. The van der Waals surface area contributed by atoms with Crippen LogP contribution >= 0.6 is 0 Å². The summed E-state index contributed by atoms with van der Waals surface area (Å²) in [5.74, 6) is -0.866. The average molecular weight is 245 g/mol. The van der Waals surface area contributed by atoms with Crippen LogP contribution < -0.4 is 0 Å². The SMILES string of the molecule is CCCCN(CCO)CC1CCC(C(=O)O)O1. The minimum Gasteiger partial charge on any atom is -0.479 e. The molecule has 1 saturated heterocycles. The van der Waals surface area contributed by atoms with Gasteiger partial charge in [0.1, 0.15) is 0 Å². The molecule has 1 heterocycles. The van der Waals surface area contributed by atoms with Gasteiger partial charge in [-0.3, -0.25) is 4.90 Å². The zero-order valence-corrected chi connectivity index (χ0v) is 10.5. The summed E-state index contributed by atoms with van der Waals surface area (Å²) in [5, 5.41) is 17.8. The summed E-state index contributed by atoms with van der Waals surface area (Å²) < 4.78 is 5.46. The fourth-order valence-electron chi connectivity index (χ4n) is 2.13. The van der Waals surface area contributed by atoms with E-state index in [0.717, 1.165) is 32.4 Å². The van der Waals surface area contributed by atoms with Crippen LogP contribution in [0.15, 0.2) is 0 Å². The van der Waals surface area contributed by atoms with Gasteiger partial charge in [0.05, 0.1) is 12.7 Å². The van der Waals surface area contributed by atoms with Crippen LogP contribution in [0.25, 0.3) is 0 Å². The molecule has 0 amide bonds. The maximum absolute atomic E-state index is 10.8. The monoisotopic (exact) mass is 245 g/mol. The van der Waals surface area contributed by atoms with Crippen molar-refractivity contribution in [2.75, 3.05) is 26.2 Å². The number of carbonyl (C=O) groups is 1. The Morgan fingerprint density at radius 1 is 1.41 bits per heavy atom. The van der Waals surface area contributed by atoms with Crippen LogP contribution in [0.1, 0.15) is 32.6 Å². The molecule has 1 aliphatic heterocycles. The van der Waals surface area contributed by atoms with E-state index in [1.165, 1.54) is 0 Å². The van der Waals surface area contributed by atoms with Gasteiger partial charge < -0.3 is 14.9 Å². The first-order chi connectivity index (χ1) is 8.17. The van der Waals surface area contributed by atoms with Gasteiger partial charge in [-0.15, -0.1) is 0 Å². The maximum atomic E-state index is 10.8. The summed E-state index contributed by atoms with van der Waals surface area (Å²) in [6.07, 6.45) is 2.97. The highest BCUT2D eigenvalue weighted by Crippen LogP contribution is 2.20. The van der Waals surface area contributed by atoms with Gasteiger partial charge in [-0.05, 0) is 25.8 Å². The van der Waals surface area contributed by atoms with Crippen LogP contribution in [0.3, 0.4) is 0 Å². The fourth-order valence-corrected chi connectivity index (χ4v) is 2.13. The zero-order chi connectivity index (χ0) is 12.7. The average Bonchev–Trinajstić information content (AvgIpc) is 2.75. The number of aliphatic carboxylic acids is 1. The molecule has 0 saturated carbocycles. The highest BCUT2D eigenvalue weighted by atomic mass is 16.5. The molecule has 1 aliphatic rings. The number of carboxylic acids is 1. The smallest absolute Gasteiger partial charge is 0.332 e. The van der Waals surface area contributed by atoms with Gasteiger partial charge in [0, 0.05) is 13.1 Å². The number of rotatable bonds is 8. The number of aliphatic hydroxyl groups excluding tert-OH is 1. The Kier molecular flexibility index (Phi) is 6.47. The molecule has 0 radical (unpaired) electrons. The van der Waals surface area contributed by atoms with Crippen molar-refractivity contribution in [2.24, 2.45) is 0 Å².